The van der Waals surface area contributed by atoms with E-state index in [0.717, 1.165) is 25.0 Å². The number of hydrogen-bond acceptors (Lipinski definition) is 1. The third-order valence-corrected chi connectivity index (χ3v) is 2.95. The minimum absolute atomic E-state index is 0.305. The van der Waals surface area contributed by atoms with E-state index < -0.39 is 0 Å². The van der Waals surface area contributed by atoms with Crippen molar-refractivity contribution in [2.75, 3.05) is 7.11 Å². The average Bonchev–Trinajstić information content (AvgIpc) is 2.16. The van der Waals surface area contributed by atoms with Crippen LogP contribution >= 0.6 is 11.6 Å². The fourth-order valence-corrected chi connectivity index (χ4v) is 2.09. The van der Waals surface area contributed by atoms with Crippen molar-refractivity contribution in [1.82, 2.24) is 0 Å². The van der Waals surface area contributed by atoms with Crippen LogP contribution in [0.3, 0.4) is 0 Å². The lowest BCUT2D eigenvalue weighted by Crippen LogP contribution is -2.13. The number of methoxy groups -OCH3 is 1. The zero-order valence-electron chi connectivity index (χ0n) is 7.72. The normalized spacial score (nSPS) is 20.9. The highest BCUT2D eigenvalue weighted by Gasteiger charge is 2.16. The van der Waals surface area contributed by atoms with Crippen LogP contribution in [0.4, 0.5) is 0 Å². The van der Waals surface area contributed by atoms with Crippen LogP contribution in [0.15, 0.2) is 18.2 Å². The highest BCUT2D eigenvalue weighted by molar-refractivity contribution is 6.20. The topological polar surface area (TPSA) is 9.23 Å². The van der Waals surface area contributed by atoms with E-state index in [4.69, 9.17) is 16.3 Å². The summed E-state index contributed by atoms with van der Waals surface area (Å²) in [6.07, 6.45) is 3.18. The first-order chi connectivity index (χ1) is 6.29. The predicted octanol–water partition coefficient (Wildman–Crippen LogP) is 2.79. The molecule has 0 N–H and O–H groups in total. The minimum Gasteiger partial charge on any atom is -0.497 e. The molecule has 1 aromatic rings. The van der Waals surface area contributed by atoms with Crippen molar-refractivity contribution >= 4 is 11.6 Å². The molecule has 1 aliphatic carbocycles. The Balaban J connectivity index is 2.32. The van der Waals surface area contributed by atoms with E-state index in [0.29, 0.717) is 5.38 Å². The first-order valence-corrected chi connectivity index (χ1v) is 5.03. The highest BCUT2D eigenvalue weighted by Crippen LogP contribution is 2.27. The fraction of sp³-hybridized carbons (Fsp3) is 0.455. The maximum atomic E-state index is 6.10. The molecule has 2 heteroatoms. The van der Waals surface area contributed by atoms with E-state index in [1.165, 1.54) is 11.1 Å². The molecular weight excluding hydrogens is 184 g/mol. The van der Waals surface area contributed by atoms with Crippen molar-refractivity contribution < 1.29 is 4.74 Å². The number of fused-ring (bicyclic) bond motifs is 1. The van der Waals surface area contributed by atoms with Crippen LogP contribution in [0.5, 0.6) is 5.75 Å². The average molecular weight is 197 g/mol. The number of rotatable bonds is 1. The molecule has 1 nitrogen and oxygen atoms in total. The molecule has 0 spiro atoms. The molecule has 0 fully saturated rings. The van der Waals surface area contributed by atoms with Gasteiger partial charge in [-0.3, -0.25) is 0 Å². The molecule has 13 heavy (non-hydrogen) atoms. The lowest BCUT2D eigenvalue weighted by molar-refractivity contribution is 0.413. The highest BCUT2D eigenvalue weighted by atomic mass is 35.5. The molecule has 1 unspecified atom stereocenters. The molecule has 2 rings (SSSR count). The van der Waals surface area contributed by atoms with Crippen LogP contribution in [0.25, 0.3) is 0 Å². The van der Waals surface area contributed by atoms with E-state index in [1.54, 1.807) is 7.11 Å². The van der Waals surface area contributed by atoms with Gasteiger partial charge in [0.25, 0.3) is 0 Å². The standard InChI is InChI=1S/C11H13ClO/c1-13-11-5-3-8-2-4-10(12)6-9(8)7-11/h3,5,7,10H,2,4,6H2,1H3. The van der Waals surface area contributed by atoms with E-state index in [-0.39, 0.29) is 0 Å². The number of benzene rings is 1. The second kappa shape index (κ2) is 3.59. The summed E-state index contributed by atoms with van der Waals surface area (Å²) in [6.45, 7) is 0. The van der Waals surface area contributed by atoms with Gasteiger partial charge >= 0.3 is 0 Å². The van der Waals surface area contributed by atoms with Gasteiger partial charge in [-0.15, -0.1) is 11.6 Å². The predicted molar refractivity (Wildman–Crippen MR) is 54.7 cm³/mol. The van der Waals surface area contributed by atoms with Gasteiger partial charge in [0, 0.05) is 5.38 Å². The van der Waals surface area contributed by atoms with Crippen LogP contribution < -0.4 is 4.74 Å². The second-order valence-corrected chi connectivity index (χ2v) is 4.09. The molecule has 1 atom stereocenters. The van der Waals surface area contributed by atoms with Gasteiger partial charge < -0.3 is 4.74 Å². The Bertz CT molecular complexity index is 309. The first-order valence-electron chi connectivity index (χ1n) is 4.59. The summed E-state index contributed by atoms with van der Waals surface area (Å²) in [6, 6.07) is 6.27. The Hall–Kier alpha value is -0.690. The molecule has 1 aromatic carbocycles. The fourth-order valence-electron chi connectivity index (χ4n) is 1.82. The molecule has 0 aromatic heterocycles. The molecule has 0 amide bonds. The van der Waals surface area contributed by atoms with Crippen molar-refractivity contribution in [3.8, 4) is 5.75 Å². The van der Waals surface area contributed by atoms with Gasteiger partial charge in [-0.05, 0) is 42.5 Å². The summed E-state index contributed by atoms with van der Waals surface area (Å²) >= 11 is 6.10. The van der Waals surface area contributed by atoms with Gasteiger partial charge in [0.15, 0.2) is 0 Å². The molecule has 0 bridgehead atoms. The Morgan fingerprint density at radius 1 is 1.38 bits per heavy atom. The maximum Gasteiger partial charge on any atom is 0.119 e. The van der Waals surface area contributed by atoms with Crippen molar-refractivity contribution in [1.29, 1.82) is 0 Å². The Morgan fingerprint density at radius 3 is 3.00 bits per heavy atom. The first kappa shape index (κ1) is 8.89. The Labute approximate surface area is 83.7 Å². The second-order valence-electron chi connectivity index (χ2n) is 3.47. The molecular formula is C11H13ClO. The summed E-state index contributed by atoms with van der Waals surface area (Å²) in [5.74, 6) is 0.935. The molecule has 0 radical (unpaired) electrons. The van der Waals surface area contributed by atoms with E-state index in [9.17, 15) is 0 Å². The molecule has 0 saturated carbocycles. The number of ether oxygens (including phenoxy) is 1. The summed E-state index contributed by atoms with van der Waals surface area (Å²) in [5, 5.41) is 0.305. The van der Waals surface area contributed by atoms with Crippen LogP contribution in [0.2, 0.25) is 0 Å². The molecule has 0 heterocycles. The maximum absolute atomic E-state index is 6.10. The monoisotopic (exact) mass is 196 g/mol. The van der Waals surface area contributed by atoms with Crippen LogP contribution in [-0.4, -0.2) is 12.5 Å². The van der Waals surface area contributed by atoms with Gasteiger partial charge in [0.2, 0.25) is 0 Å². The number of aryl methyl sites for hydroxylation is 1. The van der Waals surface area contributed by atoms with Crippen LogP contribution in [0, 0.1) is 0 Å². The summed E-state index contributed by atoms with van der Waals surface area (Å²) < 4.78 is 5.17. The minimum atomic E-state index is 0.305. The summed E-state index contributed by atoms with van der Waals surface area (Å²) in [4.78, 5) is 0. The van der Waals surface area contributed by atoms with Crippen molar-refractivity contribution in [2.24, 2.45) is 0 Å². The summed E-state index contributed by atoms with van der Waals surface area (Å²) in [7, 11) is 1.70. The zero-order valence-corrected chi connectivity index (χ0v) is 8.47. The van der Waals surface area contributed by atoms with Gasteiger partial charge in [-0.1, -0.05) is 6.07 Å². The molecule has 70 valence electrons. The Kier molecular flexibility index (Phi) is 2.45. The van der Waals surface area contributed by atoms with Gasteiger partial charge in [-0.25, -0.2) is 0 Å². The van der Waals surface area contributed by atoms with E-state index in [2.05, 4.69) is 12.1 Å². The molecule has 1 aliphatic rings. The van der Waals surface area contributed by atoms with Crippen molar-refractivity contribution in [2.45, 2.75) is 24.6 Å². The molecule has 0 aliphatic heterocycles. The van der Waals surface area contributed by atoms with Crippen LogP contribution in [-0.2, 0) is 12.8 Å². The largest absolute Gasteiger partial charge is 0.497 e. The van der Waals surface area contributed by atoms with Gasteiger partial charge in [-0.2, -0.15) is 0 Å². The zero-order chi connectivity index (χ0) is 9.26. The van der Waals surface area contributed by atoms with E-state index >= 15 is 0 Å². The quantitative estimate of drug-likeness (QED) is 0.628. The van der Waals surface area contributed by atoms with Gasteiger partial charge in [0.1, 0.15) is 5.75 Å². The van der Waals surface area contributed by atoms with Crippen molar-refractivity contribution in [3.63, 3.8) is 0 Å². The molecule has 0 saturated heterocycles. The summed E-state index contributed by atoms with van der Waals surface area (Å²) in [5.41, 5.74) is 2.78. The van der Waals surface area contributed by atoms with Crippen LogP contribution in [0.1, 0.15) is 17.5 Å². The number of hydrogen-bond donors (Lipinski definition) is 0. The van der Waals surface area contributed by atoms with Crippen molar-refractivity contribution in [3.05, 3.63) is 29.3 Å². The number of alkyl halides is 1. The lowest BCUT2D eigenvalue weighted by atomic mass is 9.91. The smallest absolute Gasteiger partial charge is 0.119 e. The third-order valence-electron chi connectivity index (χ3n) is 2.58. The third kappa shape index (κ3) is 1.80. The van der Waals surface area contributed by atoms with Gasteiger partial charge in [0.05, 0.1) is 7.11 Å². The van der Waals surface area contributed by atoms with E-state index in [1.807, 2.05) is 6.07 Å². The lowest BCUT2D eigenvalue weighted by Gasteiger charge is -2.20. The SMILES string of the molecule is COc1ccc2c(c1)CC(Cl)CC2. The number of halogens is 1. The Morgan fingerprint density at radius 2 is 2.23 bits per heavy atom.